The highest BCUT2D eigenvalue weighted by Crippen LogP contribution is 2.33. The van der Waals surface area contributed by atoms with Gasteiger partial charge in [0, 0.05) is 41.4 Å². The van der Waals surface area contributed by atoms with Gasteiger partial charge in [0.15, 0.2) is 5.78 Å². The van der Waals surface area contributed by atoms with E-state index < -0.39 is 12.0 Å². The summed E-state index contributed by atoms with van der Waals surface area (Å²) in [5.74, 6) is -0.139. The number of para-hydroxylation sites is 1. The summed E-state index contributed by atoms with van der Waals surface area (Å²) in [5.41, 5.74) is 3.14. The lowest BCUT2D eigenvalue weighted by atomic mass is 10.00. The first-order chi connectivity index (χ1) is 21.4. The molecule has 1 aliphatic rings. The standard InChI is InChI=1S/C36H35FN2O5/c1-43-36(42)33(38-32-11-6-5-10-31(32)34(40)26-8-3-2-4-9-26)24-25-12-20-30(21-13-25)44-23-7-22-39(35(41)27-14-15-27)29-18-16-28(37)17-19-29/h2-6,8-13,16-21,27,33,38H,7,14-15,22-24H2,1H3/t33-/m0/s1. The van der Waals surface area contributed by atoms with Gasteiger partial charge in [0.05, 0.1) is 13.7 Å². The van der Waals surface area contributed by atoms with Gasteiger partial charge in [0.2, 0.25) is 5.91 Å². The number of anilines is 2. The minimum absolute atomic E-state index is 0.0506. The zero-order valence-electron chi connectivity index (χ0n) is 24.6. The third-order valence-corrected chi connectivity index (χ3v) is 7.51. The van der Waals surface area contributed by atoms with Crippen molar-refractivity contribution >= 4 is 29.0 Å². The smallest absolute Gasteiger partial charge is 0.328 e. The molecule has 4 aromatic rings. The fourth-order valence-electron chi connectivity index (χ4n) is 4.98. The minimum atomic E-state index is -0.724. The summed E-state index contributed by atoms with van der Waals surface area (Å²) in [6.07, 6.45) is 2.72. The third-order valence-electron chi connectivity index (χ3n) is 7.51. The highest BCUT2D eigenvalue weighted by atomic mass is 19.1. The number of carbonyl (C=O) groups excluding carboxylic acids is 3. The van der Waals surface area contributed by atoms with Gasteiger partial charge in [-0.2, -0.15) is 0 Å². The summed E-state index contributed by atoms with van der Waals surface area (Å²) in [4.78, 5) is 40.5. The molecule has 0 unspecified atom stereocenters. The van der Waals surface area contributed by atoms with Crippen LogP contribution in [-0.2, 0) is 20.7 Å². The molecule has 4 aromatic carbocycles. The maximum absolute atomic E-state index is 13.4. The van der Waals surface area contributed by atoms with Gasteiger partial charge in [-0.15, -0.1) is 0 Å². The van der Waals surface area contributed by atoms with Gasteiger partial charge < -0.3 is 19.7 Å². The van der Waals surface area contributed by atoms with Crippen LogP contribution in [0.25, 0.3) is 0 Å². The maximum atomic E-state index is 13.4. The van der Waals surface area contributed by atoms with E-state index >= 15 is 0 Å². The molecule has 0 radical (unpaired) electrons. The van der Waals surface area contributed by atoms with Crippen molar-refractivity contribution in [1.29, 1.82) is 0 Å². The number of nitrogens with zero attached hydrogens (tertiary/aromatic N) is 1. The van der Waals surface area contributed by atoms with E-state index in [0.717, 1.165) is 18.4 Å². The number of hydrogen-bond donors (Lipinski definition) is 1. The summed E-state index contributed by atoms with van der Waals surface area (Å²) in [6.45, 7) is 0.868. The van der Waals surface area contributed by atoms with Gasteiger partial charge in [-0.1, -0.05) is 54.6 Å². The minimum Gasteiger partial charge on any atom is -0.494 e. The summed E-state index contributed by atoms with van der Waals surface area (Å²) >= 11 is 0. The number of esters is 1. The molecule has 0 spiro atoms. The Labute approximate surface area is 256 Å². The van der Waals surface area contributed by atoms with Gasteiger partial charge in [0.1, 0.15) is 17.6 Å². The molecule has 1 fully saturated rings. The molecule has 8 heteroatoms. The Morgan fingerprint density at radius 3 is 2.25 bits per heavy atom. The van der Waals surface area contributed by atoms with Crippen LogP contribution in [0.5, 0.6) is 5.75 Å². The predicted molar refractivity (Wildman–Crippen MR) is 167 cm³/mol. The number of ketones is 1. The molecule has 226 valence electrons. The van der Waals surface area contributed by atoms with Crippen molar-refractivity contribution in [3.63, 3.8) is 0 Å². The zero-order valence-corrected chi connectivity index (χ0v) is 24.6. The average molecular weight is 595 g/mol. The van der Waals surface area contributed by atoms with Crippen molar-refractivity contribution in [1.82, 2.24) is 0 Å². The highest BCUT2D eigenvalue weighted by molar-refractivity contribution is 6.12. The van der Waals surface area contributed by atoms with E-state index in [0.29, 0.717) is 54.2 Å². The van der Waals surface area contributed by atoms with E-state index in [1.54, 1.807) is 47.4 Å². The van der Waals surface area contributed by atoms with E-state index in [1.165, 1.54) is 19.2 Å². The molecule has 5 rings (SSSR count). The van der Waals surface area contributed by atoms with Crippen LogP contribution >= 0.6 is 0 Å². The maximum Gasteiger partial charge on any atom is 0.328 e. The molecule has 7 nitrogen and oxygen atoms in total. The van der Waals surface area contributed by atoms with Crippen LogP contribution in [0, 0.1) is 11.7 Å². The summed E-state index contributed by atoms with van der Waals surface area (Å²) < 4.78 is 24.4. The van der Waals surface area contributed by atoms with Crippen molar-refractivity contribution in [2.24, 2.45) is 5.92 Å². The predicted octanol–water partition coefficient (Wildman–Crippen LogP) is 6.47. The van der Waals surface area contributed by atoms with Crippen molar-refractivity contribution in [3.05, 3.63) is 126 Å². The van der Waals surface area contributed by atoms with Crippen molar-refractivity contribution in [2.75, 3.05) is 30.5 Å². The first-order valence-corrected chi connectivity index (χ1v) is 14.7. The number of hydrogen-bond acceptors (Lipinski definition) is 6. The molecular weight excluding hydrogens is 559 g/mol. The lowest BCUT2D eigenvalue weighted by Gasteiger charge is -2.23. The topological polar surface area (TPSA) is 84.9 Å². The molecule has 1 amide bonds. The van der Waals surface area contributed by atoms with Crippen LogP contribution in [-0.4, -0.2) is 44.0 Å². The normalized spacial score (nSPS) is 13.0. The van der Waals surface area contributed by atoms with Crippen LogP contribution < -0.4 is 15.0 Å². The summed E-state index contributed by atoms with van der Waals surface area (Å²) in [7, 11) is 1.34. The fraction of sp³-hybridized carbons (Fsp3) is 0.250. The van der Waals surface area contributed by atoms with Crippen molar-refractivity contribution in [2.45, 2.75) is 31.7 Å². The Kier molecular flexibility index (Phi) is 10.0. The van der Waals surface area contributed by atoms with Gasteiger partial charge in [-0.25, -0.2) is 9.18 Å². The molecule has 0 saturated heterocycles. The zero-order chi connectivity index (χ0) is 30.9. The second kappa shape index (κ2) is 14.5. The SMILES string of the molecule is COC(=O)[C@H](Cc1ccc(OCCCN(C(=O)C2CC2)c2ccc(F)cc2)cc1)Nc1ccccc1C(=O)c1ccccc1. The van der Waals surface area contributed by atoms with Crippen LogP contribution in [0.15, 0.2) is 103 Å². The Bertz CT molecular complexity index is 1570. The Morgan fingerprint density at radius 2 is 1.57 bits per heavy atom. The van der Waals surface area contributed by atoms with Gasteiger partial charge in [0.25, 0.3) is 0 Å². The lowest BCUT2D eigenvalue weighted by Crippen LogP contribution is -2.33. The van der Waals surface area contributed by atoms with Gasteiger partial charge >= 0.3 is 5.97 Å². The second-order valence-corrected chi connectivity index (χ2v) is 10.8. The molecule has 1 aliphatic carbocycles. The Morgan fingerprint density at radius 1 is 0.886 bits per heavy atom. The highest BCUT2D eigenvalue weighted by Gasteiger charge is 2.34. The lowest BCUT2D eigenvalue weighted by molar-refractivity contribution is -0.141. The number of methoxy groups -OCH3 is 1. The molecule has 1 N–H and O–H groups in total. The van der Waals surface area contributed by atoms with Gasteiger partial charge in [-0.3, -0.25) is 9.59 Å². The van der Waals surface area contributed by atoms with Crippen LogP contribution in [0.2, 0.25) is 0 Å². The van der Waals surface area contributed by atoms with E-state index in [9.17, 15) is 18.8 Å². The van der Waals surface area contributed by atoms with E-state index in [-0.39, 0.29) is 23.4 Å². The largest absolute Gasteiger partial charge is 0.494 e. The van der Waals surface area contributed by atoms with Crippen molar-refractivity contribution in [3.8, 4) is 5.75 Å². The Hall–Kier alpha value is -4.98. The van der Waals surface area contributed by atoms with Gasteiger partial charge in [-0.05, 0) is 73.4 Å². The average Bonchev–Trinajstić information content (AvgIpc) is 3.91. The number of ether oxygens (including phenoxy) is 2. The summed E-state index contributed by atoms with van der Waals surface area (Å²) in [6, 6.07) is 28.8. The molecule has 0 bridgehead atoms. The van der Waals surface area contributed by atoms with E-state index in [2.05, 4.69) is 5.32 Å². The van der Waals surface area contributed by atoms with Crippen LogP contribution in [0.1, 0.15) is 40.7 Å². The molecule has 0 aliphatic heterocycles. The quantitative estimate of drug-likeness (QED) is 0.102. The molecular formula is C36H35FN2O5. The molecule has 1 atom stereocenters. The first-order valence-electron chi connectivity index (χ1n) is 14.7. The Balaban J connectivity index is 1.18. The van der Waals surface area contributed by atoms with Crippen LogP contribution in [0.4, 0.5) is 15.8 Å². The second-order valence-electron chi connectivity index (χ2n) is 10.8. The first kappa shape index (κ1) is 30.5. The van der Waals surface area contributed by atoms with E-state index in [1.807, 2.05) is 48.5 Å². The number of rotatable bonds is 14. The summed E-state index contributed by atoms with van der Waals surface area (Å²) in [5, 5.41) is 3.22. The number of halogens is 1. The fourth-order valence-corrected chi connectivity index (χ4v) is 4.98. The molecule has 0 heterocycles. The number of nitrogens with one attached hydrogen (secondary N) is 1. The third kappa shape index (κ3) is 7.89. The molecule has 0 aromatic heterocycles. The van der Waals surface area contributed by atoms with Crippen LogP contribution in [0.3, 0.4) is 0 Å². The van der Waals surface area contributed by atoms with E-state index in [4.69, 9.17) is 9.47 Å². The number of benzene rings is 4. The number of amides is 1. The van der Waals surface area contributed by atoms with Crippen molar-refractivity contribution < 1.29 is 28.2 Å². The number of carbonyl (C=O) groups is 3. The molecule has 44 heavy (non-hydrogen) atoms. The monoisotopic (exact) mass is 594 g/mol. The molecule has 1 saturated carbocycles.